The van der Waals surface area contributed by atoms with Crippen molar-refractivity contribution in [2.75, 3.05) is 19.5 Å². The first-order valence-electron chi connectivity index (χ1n) is 7.58. The lowest BCUT2D eigenvalue weighted by Crippen LogP contribution is -2.12. The minimum atomic E-state index is -0.553. The fraction of sp³-hybridized carbons (Fsp3) is 0.111. The number of anilines is 1. The lowest BCUT2D eigenvalue weighted by Gasteiger charge is -2.03. The van der Waals surface area contributed by atoms with Gasteiger partial charge in [-0.25, -0.2) is 4.79 Å². The summed E-state index contributed by atoms with van der Waals surface area (Å²) in [5.74, 6) is -0.264. The van der Waals surface area contributed by atoms with Crippen LogP contribution < -0.4 is 10.1 Å². The van der Waals surface area contributed by atoms with Crippen molar-refractivity contribution in [1.82, 2.24) is 10.2 Å². The molecule has 3 aromatic rings. The molecule has 1 amide bonds. The Balaban J connectivity index is 1.70. The summed E-state index contributed by atoms with van der Waals surface area (Å²) < 4.78 is 15.1. The third kappa shape index (κ3) is 3.69. The highest BCUT2D eigenvalue weighted by Crippen LogP contribution is 2.21. The first kappa shape index (κ1) is 17.2. The second kappa shape index (κ2) is 7.47. The van der Waals surface area contributed by atoms with E-state index in [4.69, 9.17) is 9.15 Å². The fourth-order valence-corrected chi connectivity index (χ4v) is 2.16. The zero-order chi connectivity index (χ0) is 18.5. The molecule has 8 heteroatoms. The van der Waals surface area contributed by atoms with E-state index >= 15 is 0 Å². The van der Waals surface area contributed by atoms with Crippen molar-refractivity contribution in [2.45, 2.75) is 0 Å². The topological polar surface area (TPSA) is 104 Å². The van der Waals surface area contributed by atoms with E-state index in [9.17, 15) is 9.59 Å². The molecule has 0 aliphatic heterocycles. The van der Waals surface area contributed by atoms with E-state index < -0.39 is 11.9 Å². The van der Waals surface area contributed by atoms with Crippen molar-refractivity contribution < 1.29 is 23.5 Å². The zero-order valence-electron chi connectivity index (χ0n) is 14.1. The maximum absolute atomic E-state index is 12.2. The Morgan fingerprint density at radius 3 is 2.27 bits per heavy atom. The van der Waals surface area contributed by atoms with Gasteiger partial charge in [-0.1, -0.05) is 0 Å². The van der Waals surface area contributed by atoms with Crippen molar-refractivity contribution in [2.24, 2.45) is 0 Å². The number of methoxy groups -OCH3 is 2. The van der Waals surface area contributed by atoms with Gasteiger partial charge in [0.25, 0.3) is 0 Å². The van der Waals surface area contributed by atoms with Crippen molar-refractivity contribution in [3.05, 3.63) is 60.0 Å². The third-order valence-electron chi connectivity index (χ3n) is 3.52. The van der Waals surface area contributed by atoms with Crippen molar-refractivity contribution in [3.63, 3.8) is 0 Å². The van der Waals surface area contributed by atoms with Gasteiger partial charge >= 0.3 is 17.8 Å². The highest BCUT2D eigenvalue weighted by molar-refractivity contribution is 6.01. The number of nitrogens with zero attached hydrogens (tertiary/aromatic N) is 2. The summed E-state index contributed by atoms with van der Waals surface area (Å²) in [5, 5.41) is 10.2. The molecule has 132 valence electrons. The van der Waals surface area contributed by atoms with Gasteiger partial charge in [-0.05, 0) is 48.5 Å². The number of rotatable bonds is 5. The van der Waals surface area contributed by atoms with Gasteiger partial charge in [0.05, 0.1) is 19.8 Å². The van der Waals surface area contributed by atoms with E-state index in [-0.39, 0.29) is 11.8 Å². The van der Waals surface area contributed by atoms with Gasteiger partial charge in [0, 0.05) is 11.3 Å². The Hall–Kier alpha value is -3.68. The Labute approximate surface area is 148 Å². The van der Waals surface area contributed by atoms with Crippen LogP contribution in [0.1, 0.15) is 21.0 Å². The molecule has 1 aromatic heterocycles. The fourth-order valence-electron chi connectivity index (χ4n) is 2.16. The highest BCUT2D eigenvalue weighted by Gasteiger charge is 2.16. The Kier molecular flexibility index (Phi) is 4.93. The molecule has 1 N–H and O–H groups in total. The van der Waals surface area contributed by atoms with E-state index in [1.165, 1.54) is 19.2 Å². The van der Waals surface area contributed by atoms with Gasteiger partial charge in [-0.3, -0.25) is 4.79 Å². The Morgan fingerprint density at radius 1 is 0.962 bits per heavy atom. The van der Waals surface area contributed by atoms with E-state index in [1.54, 1.807) is 43.5 Å². The molecule has 0 fully saturated rings. The van der Waals surface area contributed by atoms with Gasteiger partial charge in [0.15, 0.2) is 0 Å². The summed E-state index contributed by atoms with van der Waals surface area (Å²) in [6.07, 6.45) is 0. The molecule has 0 aliphatic rings. The predicted octanol–water partition coefficient (Wildman–Crippen LogP) is 2.78. The largest absolute Gasteiger partial charge is 0.497 e. The first-order chi connectivity index (χ1) is 12.6. The number of esters is 1. The van der Waals surface area contributed by atoms with E-state index in [1.807, 2.05) is 0 Å². The second-order valence-electron chi connectivity index (χ2n) is 5.16. The van der Waals surface area contributed by atoms with Crippen LogP contribution in [-0.2, 0) is 4.74 Å². The summed E-state index contributed by atoms with van der Waals surface area (Å²) >= 11 is 0. The van der Waals surface area contributed by atoms with Crippen LogP contribution in [0.3, 0.4) is 0 Å². The van der Waals surface area contributed by atoms with Crippen LogP contribution in [0.5, 0.6) is 5.75 Å². The quantitative estimate of drug-likeness (QED) is 0.703. The maximum atomic E-state index is 12.2. The molecule has 0 unspecified atom stereocenters. The molecule has 0 aliphatic carbocycles. The van der Waals surface area contributed by atoms with Crippen LogP contribution in [0.4, 0.5) is 5.69 Å². The Morgan fingerprint density at radius 2 is 1.65 bits per heavy atom. The number of ether oxygens (including phenoxy) is 2. The molecule has 0 saturated heterocycles. The molecule has 0 atom stereocenters. The number of carbonyl (C=O) groups excluding carboxylic acids is 2. The van der Waals surface area contributed by atoms with Gasteiger partial charge in [0.2, 0.25) is 5.89 Å². The van der Waals surface area contributed by atoms with Crippen LogP contribution in [0, 0.1) is 0 Å². The lowest BCUT2D eigenvalue weighted by atomic mass is 10.2. The minimum absolute atomic E-state index is 0.173. The smallest absolute Gasteiger partial charge is 0.337 e. The average Bonchev–Trinajstić information content (AvgIpc) is 3.18. The summed E-state index contributed by atoms with van der Waals surface area (Å²) in [7, 11) is 2.87. The van der Waals surface area contributed by atoms with Gasteiger partial charge < -0.3 is 19.2 Å². The van der Waals surface area contributed by atoms with E-state index in [2.05, 4.69) is 20.3 Å². The van der Waals surface area contributed by atoms with E-state index in [0.717, 1.165) is 0 Å². The number of nitrogens with one attached hydrogen (secondary N) is 1. The lowest BCUT2D eigenvalue weighted by molar-refractivity contribution is 0.0600. The standard InChI is InChI=1S/C18H15N3O5/c1-24-14-9-5-11(6-10-14)16-20-21-17(26-16)15(22)19-13-7-3-12(4-8-13)18(23)25-2/h3-10H,1-2H3,(H,19,22). The molecular weight excluding hydrogens is 338 g/mol. The van der Waals surface area contributed by atoms with E-state index in [0.29, 0.717) is 22.6 Å². The predicted molar refractivity (Wildman–Crippen MR) is 92.0 cm³/mol. The SMILES string of the molecule is COC(=O)c1ccc(NC(=O)c2nnc(-c3ccc(OC)cc3)o2)cc1. The number of carbonyl (C=O) groups is 2. The molecule has 1 heterocycles. The minimum Gasteiger partial charge on any atom is -0.497 e. The third-order valence-corrected chi connectivity index (χ3v) is 3.52. The molecular formula is C18H15N3O5. The maximum Gasteiger partial charge on any atom is 0.337 e. The normalized spacial score (nSPS) is 10.2. The second-order valence-corrected chi connectivity index (χ2v) is 5.16. The molecule has 8 nitrogen and oxygen atoms in total. The number of hydrogen-bond donors (Lipinski definition) is 1. The van der Waals surface area contributed by atoms with Crippen molar-refractivity contribution in [3.8, 4) is 17.2 Å². The number of hydrogen-bond acceptors (Lipinski definition) is 7. The molecule has 0 radical (unpaired) electrons. The highest BCUT2D eigenvalue weighted by atomic mass is 16.5. The summed E-state index contributed by atoms with van der Waals surface area (Å²) in [5.41, 5.74) is 1.52. The summed E-state index contributed by atoms with van der Waals surface area (Å²) in [6.45, 7) is 0. The van der Waals surface area contributed by atoms with Crippen molar-refractivity contribution in [1.29, 1.82) is 0 Å². The number of benzene rings is 2. The van der Waals surface area contributed by atoms with Crippen LogP contribution in [0.25, 0.3) is 11.5 Å². The molecule has 3 rings (SSSR count). The molecule has 0 saturated carbocycles. The molecule has 2 aromatic carbocycles. The zero-order valence-corrected chi connectivity index (χ0v) is 14.1. The van der Waals surface area contributed by atoms with Crippen LogP contribution in [0.2, 0.25) is 0 Å². The molecule has 0 bridgehead atoms. The van der Waals surface area contributed by atoms with Crippen molar-refractivity contribution >= 4 is 17.6 Å². The number of amides is 1. The van der Waals surface area contributed by atoms with Crippen LogP contribution >= 0.6 is 0 Å². The Bertz CT molecular complexity index is 917. The first-order valence-corrected chi connectivity index (χ1v) is 7.58. The molecule has 0 spiro atoms. The monoisotopic (exact) mass is 353 g/mol. The van der Waals surface area contributed by atoms with Crippen LogP contribution in [0.15, 0.2) is 52.9 Å². The van der Waals surface area contributed by atoms with Gasteiger partial charge in [-0.15, -0.1) is 10.2 Å². The summed E-state index contributed by atoms with van der Waals surface area (Å²) in [4.78, 5) is 23.6. The number of aromatic nitrogens is 2. The average molecular weight is 353 g/mol. The van der Waals surface area contributed by atoms with Crippen LogP contribution in [-0.4, -0.2) is 36.3 Å². The van der Waals surface area contributed by atoms with Gasteiger partial charge in [0.1, 0.15) is 5.75 Å². The molecule has 26 heavy (non-hydrogen) atoms. The van der Waals surface area contributed by atoms with Gasteiger partial charge in [-0.2, -0.15) is 0 Å². The summed E-state index contributed by atoms with van der Waals surface area (Å²) in [6, 6.07) is 13.2.